The number of H-pyrrole nitrogens is 1. The molecule has 0 amide bonds. The third-order valence-corrected chi connectivity index (χ3v) is 2.86. The summed E-state index contributed by atoms with van der Waals surface area (Å²) in [5, 5.41) is 13.9. The van der Waals surface area contributed by atoms with Crippen molar-refractivity contribution >= 4 is 5.97 Å². The number of halogens is 3. The maximum atomic E-state index is 12.6. The molecule has 114 valence electrons. The van der Waals surface area contributed by atoms with Gasteiger partial charge in [-0.3, -0.25) is 5.10 Å². The van der Waals surface area contributed by atoms with E-state index in [1.54, 1.807) is 0 Å². The lowest BCUT2D eigenvalue weighted by molar-refractivity contribution is -0.141. The Bertz CT molecular complexity index is 699. The quantitative estimate of drug-likeness (QED) is 0.881. The molecule has 22 heavy (non-hydrogen) atoms. The zero-order valence-corrected chi connectivity index (χ0v) is 11.1. The fourth-order valence-corrected chi connectivity index (χ4v) is 1.76. The molecule has 1 aromatic carbocycles. The number of aromatic nitrogens is 2. The summed E-state index contributed by atoms with van der Waals surface area (Å²) in [6, 6.07) is 7.64. The molecular formula is C14H10F3N3O2. The zero-order valence-electron chi connectivity index (χ0n) is 11.1. The van der Waals surface area contributed by atoms with Crippen LogP contribution in [0.3, 0.4) is 0 Å². The lowest BCUT2D eigenvalue weighted by atomic mass is 10.1. The van der Waals surface area contributed by atoms with Gasteiger partial charge >= 0.3 is 12.1 Å². The number of hydrogen-bond acceptors (Lipinski definition) is 4. The van der Waals surface area contributed by atoms with Crippen molar-refractivity contribution in [1.82, 2.24) is 10.2 Å². The molecule has 0 bridgehead atoms. The highest BCUT2D eigenvalue weighted by Gasteiger charge is 2.35. The number of hydrogen-bond donors (Lipinski definition) is 1. The number of carbonyl (C=O) groups is 1. The molecule has 2 aromatic rings. The van der Waals surface area contributed by atoms with Crippen molar-refractivity contribution in [2.75, 3.05) is 6.61 Å². The van der Waals surface area contributed by atoms with Gasteiger partial charge < -0.3 is 4.74 Å². The second kappa shape index (κ2) is 6.30. The van der Waals surface area contributed by atoms with Gasteiger partial charge in [0.05, 0.1) is 30.0 Å². The summed E-state index contributed by atoms with van der Waals surface area (Å²) in [6.45, 7) is -0.207. The van der Waals surface area contributed by atoms with E-state index in [4.69, 9.17) is 10.00 Å². The van der Waals surface area contributed by atoms with Crippen LogP contribution in [-0.4, -0.2) is 22.8 Å². The Kier molecular flexibility index (Phi) is 4.46. The number of nitrogens with zero attached hydrogens (tertiary/aromatic N) is 2. The number of ether oxygens (including phenoxy) is 1. The predicted octanol–water partition coefficient (Wildman–Crippen LogP) is 2.70. The smallest absolute Gasteiger partial charge is 0.433 e. The highest BCUT2D eigenvalue weighted by Crippen LogP contribution is 2.30. The molecule has 0 radical (unpaired) electrons. The molecule has 0 unspecified atom stereocenters. The van der Waals surface area contributed by atoms with E-state index in [2.05, 4.69) is 5.10 Å². The molecule has 5 nitrogen and oxygen atoms in total. The fraction of sp³-hybridized carbons (Fsp3) is 0.214. The van der Waals surface area contributed by atoms with Crippen molar-refractivity contribution in [2.24, 2.45) is 0 Å². The topological polar surface area (TPSA) is 78.8 Å². The largest absolute Gasteiger partial charge is 0.462 e. The maximum Gasteiger partial charge on any atom is 0.433 e. The lowest BCUT2D eigenvalue weighted by Gasteiger charge is -2.07. The van der Waals surface area contributed by atoms with Crippen LogP contribution in [0.5, 0.6) is 0 Å². The number of carbonyl (C=O) groups excluding carboxylic acids is 1. The molecule has 0 atom stereocenters. The fourth-order valence-electron chi connectivity index (χ4n) is 1.76. The monoisotopic (exact) mass is 309 g/mol. The minimum absolute atomic E-state index is 0.0693. The number of aromatic amines is 1. The van der Waals surface area contributed by atoms with Crippen LogP contribution in [0, 0.1) is 11.3 Å². The minimum Gasteiger partial charge on any atom is -0.462 e. The first-order valence-corrected chi connectivity index (χ1v) is 6.18. The van der Waals surface area contributed by atoms with E-state index in [-0.39, 0.29) is 24.2 Å². The van der Waals surface area contributed by atoms with Gasteiger partial charge in [0.15, 0.2) is 0 Å². The van der Waals surface area contributed by atoms with Gasteiger partial charge in [-0.25, -0.2) is 4.79 Å². The second-order valence-corrected chi connectivity index (χ2v) is 4.34. The van der Waals surface area contributed by atoms with Crippen molar-refractivity contribution in [3.05, 3.63) is 52.8 Å². The van der Waals surface area contributed by atoms with Gasteiger partial charge in [0, 0.05) is 12.0 Å². The van der Waals surface area contributed by atoms with Gasteiger partial charge in [-0.1, -0.05) is 0 Å². The second-order valence-electron chi connectivity index (χ2n) is 4.34. The number of alkyl halides is 3. The molecule has 0 aliphatic carbocycles. The first kappa shape index (κ1) is 15.6. The number of nitrogens with one attached hydrogen (secondary N) is 1. The lowest BCUT2D eigenvalue weighted by Crippen LogP contribution is -2.12. The molecular weight excluding hydrogens is 299 g/mol. The highest BCUT2D eigenvalue weighted by molar-refractivity contribution is 5.89. The molecule has 0 spiro atoms. The molecule has 0 saturated carbocycles. The average Bonchev–Trinajstić information content (AvgIpc) is 2.96. The Balaban J connectivity index is 1.92. The van der Waals surface area contributed by atoms with Crippen LogP contribution in [0.1, 0.15) is 27.2 Å². The van der Waals surface area contributed by atoms with Crippen LogP contribution in [0.15, 0.2) is 30.5 Å². The van der Waals surface area contributed by atoms with E-state index < -0.39 is 17.8 Å². The SMILES string of the molecule is N#Cc1ccc(C(=O)OCCc2cn[nH]c2C(F)(F)F)cc1. The first-order chi connectivity index (χ1) is 10.4. The summed E-state index contributed by atoms with van der Waals surface area (Å²) in [7, 11) is 0. The summed E-state index contributed by atoms with van der Waals surface area (Å²) in [5.41, 5.74) is -0.394. The number of benzene rings is 1. The summed E-state index contributed by atoms with van der Waals surface area (Å²) in [5.74, 6) is -0.665. The van der Waals surface area contributed by atoms with Crippen LogP contribution in [-0.2, 0) is 17.3 Å². The Morgan fingerprint density at radius 2 is 2.00 bits per heavy atom. The van der Waals surface area contributed by atoms with Crippen LogP contribution in [0.2, 0.25) is 0 Å². The van der Waals surface area contributed by atoms with Crippen LogP contribution < -0.4 is 0 Å². The van der Waals surface area contributed by atoms with Crippen molar-refractivity contribution < 1.29 is 22.7 Å². The molecule has 8 heteroatoms. The zero-order chi connectivity index (χ0) is 16.2. The average molecular weight is 309 g/mol. The maximum absolute atomic E-state index is 12.6. The molecule has 0 saturated heterocycles. The van der Waals surface area contributed by atoms with Crippen LogP contribution in [0.25, 0.3) is 0 Å². The normalized spacial score (nSPS) is 11.0. The van der Waals surface area contributed by atoms with Crippen molar-refractivity contribution in [3.63, 3.8) is 0 Å². The van der Waals surface area contributed by atoms with E-state index in [0.717, 1.165) is 6.20 Å². The van der Waals surface area contributed by atoms with Crippen LogP contribution >= 0.6 is 0 Å². The van der Waals surface area contributed by atoms with E-state index in [0.29, 0.717) is 5.56 Å². The van der Waals surface area contributed by atoms with Gasteiger partial charge in [0.2, 0.25) is 0 Å². The Morgan fingerprint density at radius 3 is 2.59 bits per heavy atom. The number of nitriles is 1. The molecule has 1 aromatic heterocycles. The molecule has 0 aliphatic heterocycles. The Hall–Kier alpha value is -2.82. The van der Waals surface area contributed by atoms with E-state index >= 15 is 0 Å². The summed E-state index contributed by atoms with van der Waals surface area (Å²) >= 11 is 0. The third kappa shape index (κ3) is 3.63. The third-order valence-electron chi connectivity index (χ3n) is 2.86. The minimum atomic E-state index is -4.52. The van der Waals surface area contributed by atoms with Crippen LogP contribution in [0.4, 0.5) is 13.2 Å². The molecule has 2 rings (SSSR count). The van der Waals surface area contributed by atoms with Crippen molar-refractivity contribution in [3.8, 4) is 6.07 Å². The van der Waals surface area contributed by atoms with E-state index in [1.807, 2.05) is 11.2 Å². The Morgan fingerprint density at radius 1 is 1.32 bits per heavy atom. The van der Waals surface area contributed by atoms with Gasteiger partial charge in [-0.15, -0.1) is 0 Å². The molecule has 1 N–H and O–H groups in total. The molecule has 0 fully saturated rings. The van der Waals surface area contributed by atoms with Crippen molar-refractivity contribution in [1.29, 1.82) is 5.26 Å². The molecule has 0 aliphatic rings. The van der Waals surface area contributed by atoms with E-state index in [1.165, 1.54) is 24.3 Å². The number of esters is 1. The summed E-state index contributed by atoms with van der Waals surface area (Å²) in [6.07, 6.45) is -3.57. The summed E-state index contributed by atoms with van der Waals surface area (Å²) < 4.78 is 42.7. The predicted molar refractivity (Wildman–Crippen MR) is 68.7 cm³/mol. The number of rotatable bonds is 4. The molecule has 1 heterocycles. The van der Waals surface area contributed by atoms with Gasteiger partial charge in [0.1, 0.15) is 5.69 Å². The van der Waals surface area contributed by atoms with Gasteiger partial charge in [0.25, 0.3) is 0 Å². The Labute approximate surface area is 123 Å². The first-order valence-electron chi connectivity index (χ1n) is 6.18. The van der Waals surface area contributed by atoms with Crippen molar-refractivity contribution in [2.45, 2.75) is 12.6 Å². The van der Waals surface area contributed by atoms with Gasteiger partial charge in [-0.2, -0.15) is 23.5 Å². The highest BCUT2D eigenvalue weighted by atomic mass is 19.4. The standard InChI is InChI=1S/C14H10F3N3O2/c15-14(16,17)12-11(8-19-20-12)5-6-22-13(21)10-3-1-9(7-18)2-4-10/h1-4,8H,5-6H2,(H,19,20). The summed E-state index contributed by atoms with van der Waals surface area (Å²) in [4.78, 5) is 11.7. The van der Waals surface area contributed by atoms with E-state index in [9.17, 15) is 18.0 Å². The van der Waals surface area contributed by atoms with Gasteiger partial charge in [-0.05, 0) is 24.3 Å².